The summed E-state index contributed by atoms with van der Waals surface area (Å²) in [7, 11) is -2.57. The van der Waals surface area contributed by atoms with Gasteiger partial charge < -0.3 is 9.16 Å². The maximum atomic E-state index is 12.5. The van der Waals surface area contributed by atoms with Crippen LogP contribution in [0.25, 0.3) is 0 Å². The first kappa shape index (κ1) is 22.9. The minimum atomic E-state index is -2.57. The smallest absolute Gasteiger partial charge is 0.333 e. The Bertz CT molecular complexity index is 451. The van der Waals surface area contributed by atoms with Gasteiger partial charge in [0.2, 0.25) is 0 Å². The van der Waals surface area contributed by atoms with E-state index in [4.69, 9.17) is 9.16 Å². The highest BCUT2D eigenvalue weighted by Gasteiger charge is 2.64. The van der Waals surface area contributed by atoms with Crippen LogP contribution < -0.4 is 0 Å². The summed E-state index contributed by atoms with van der Waals surface area (Å²) in [6.45, 7) is 24.5. The van der Waals surface area contributed by atoms with Crippen LogP contribution >= 0.6 is 0 Å². The highest BCUT2D eigenvalue weighted by molar-refractivity contribution is 6.83. The molecule has 0 unspecified atom stereocenters. The van der Waals surface area contributed by atoms with Crippen molar-refractivity contribution in [1.29, 1.82) is 0 Å². The van der Waals surface area contributed by atoms with E-state index < -0.39 is 14.3 Å². The second-order valence-electron chi connectivity index (χ2n) is 9.57. The lowest BCUT2D eigenvalue weighted by molar-refractivity contribution is -0.143. The molecule has 0 aromatic rings. The van der Waals surface area contributed by atoms with Crippen LogP contribution in [0.15, 0.2) is 12.2 Å². The number of hydrogen-bond donors (Lipinski definition) is 0. The number of carbonyl (C=O) groups excluding carboxylic acids is 2. The minimum Gasteiger partial charge on any atom is -0.517 e. The Morgan fingerprint density at radius 3 is 1.54 bits per heavy atom. The molecule has 0 amide bonds. The molecule has 140 valence electrons. The molecule has 0 aliphatic heterocycles. The Labute approximate surface area is 149 Å². The topological polar surface area (TPSA) is 52.6 Å². The zero-order valence-corrected chi connectivity index (χ0v) is 18.3. The van der Waals surface area contributed by atoms with Gasteiger partial charge in [-0.2, -0.15) is 0 Å². The van der Waals surface area contributed by atoms with Gasteiger partial charge in [0.25, 0.3) is 14.3 Å². The Morgan fingerprint density at radius 2 is 1.25 bits per heavy atom. The number of ether oxygens (including phenoxy) is 1. The summed E-state index contributed by atoms with van der Waals surface area (Å²) in [5.74, 6) is -0.773. The second kappa shape index (κ2) is 7.42. The van der Waals surface area contributed by atoms with Gasteiger partial charge in [0.1, 0.15) is 6.61 Å². The van der Waals surface area contributed by atoms with Crippen molar-refractivity contribution in [1.82, 2.24) is 0 Å². The lowest BCUT2D eigenvalue weighted by atomic mass is 10.2. The van der Waals surface area contributed by atoms with Gasteiger partial charge in [-0.05, 0) is 22.0 Å². The van der Waals surface area contributed by atoms with Gasteiger partial charge in [-0.15, -0.1) is 0 Å². The van der Waals surface area contributed by atoms with Crippen molar-refractivity contribution in [2.24, 2.45) is 0 Å². The molecule has 0 saturated heterocycles. The van der Waals surface area contributed by atoms with Crippen molar-refractivity contribution in [3.63, 3.8) is 0 Å². The SMILES string of the molecule is C=C(C)C(=O)OCCC(=O)O[Si](C(C)(C)C)(C(C)(C)C)C(C)(C)C. The fourth-order valence-corrected chi connectivity index (χ4v) is 12.5. The molecule has 0 spiro atoms. The Kier molecular flexibility index (Phi) is 7.08. The van der Waals surface area contributed by atoms with E-state index in [2.05, 4.69) is 68.9 Å². The molecule has 24 heavy (non-hydrogen) atoms. The van der Waals surface area contributed by atoms with Crippen LogP contribution in [0, 0.1) is 0 Å². The molecule has 0 radical (unpaired) electrons. The van der Waals surface area contributed by atoms with E-state index in [9.17, 15) is 9.59 Å². The van der Waals surface area contributed by atoms with Crippen LogP contribution in [0.3, 0.4) is 0 Å². The third kappa shape index (κ3) is 4.95. The molecule has 0 aliphatic carbocycles. The number of rotatable bonds is 5. The molecule has 0 saturated carbocycles. The van der Waals surface area contributed by atoms with E-state index in [0.29, 0.717) is 5.57 Å². The molecular weight excluding hydrogens is 320 g/mol. The fraction of sp³-hybridized carbons (Fsp3) is 0.789. The Hall–Kier alpha value is -1.10. The average molecular weight is 357 g/mol. The quantitative estimate of drug-likeness (QED) is 0.377. The van der Waals surface area contributed by atoms with Crippen molar-refractivity contribution < 1.29 is 18.8 Å². The normalized spacial score (nSPS) is 13.4. The van der Waals surface area contributed by atoms with Crippen LogP contribution in [-0.2, 0) is 18.8 Å². The predicted molar refractivity (Wildman–Crippen MR) is 101 cm³/mol. The number of carbonyl (C=O) groups is 2. The van der Waals surface area contributed by atoms with Crippen molar-refractivity contribution in [3.05, 3.63) is 12.2 Å². The summed E-state index contributed by atoms with van der Waals surface area (Å²) < 4.78 is 11.3. The largest absolute Gasteiger partial charge is 0.517 e. The minimum absolute atomic E-state index is 0.0213. The zero-order chi connectivity index (χ0) is 19.6. The average Bonchev–Trinajstić information content (AvgIpc) is 2.30. The molecule has 0 N–H and O–H groups in total. The first-order chi connectivity index (χ1) is 10.5. The first-order valence-corrected chi connectivity index (χ1v) is 10.4. The van der Waals surface area contributed by atoms with Crippen molar-refractivity contribution in [3.8, 4) is 0 Å². The maximum Gasteiger partial charge on any atom is 0.333 e. The molecule has 0 atom stereocenters. The summed E-state index contributed by atoms with van der Waals surface area (Å²) in [5, 5.41) is -0.394. The van der Waals surface area contributed by atoms with E-state index in [0.717, 1.165) is 0 Å². The van der Waals surface area contributed by atoms with E-state index in [1.54, 1.807) is 6.92 Å². The van der Waals surface area contributed by atoms with Crippen molar-refractivity contribution in [2.75, 3.05) is 6.61 Å². The molecule has 0 bridgehead atoms. The predicted octanol–water partition coefficient (Wildman–Crippen LogP) is 5.38. The van der Waals surface area contributed by atoms with E-state index in [1.165, 1.54) is 0 Å². The second-order valence-corrected chi connectivity index (χ2v) is 15.6. The van der Waals surface area contributed by atoms with E-state index >= 15 is 0 Å². The van der Waals surface area contributed by atoms with Gasteiger partial charge in [0.15, 0.2) is 0 Å². The summed E-state index contributed by atoms with van der Waals surface area (Å²) in [5.41, 5.74) is 0.325. The molecule has 0 heterocycles. The van der Waals surface area contributed by atoms with Gasteiger partial charge in [0, 0.05) is 5.57 Å². The van der Waals surface area contributed by atoms with Gasteiger partial charge in [0.05, 0.1) is 6.42 Å². The molecule has 0 aliphatic rings. The molecule has 5 heteroatoms. The summed E-state index contributed by atoms with van der Waals surface area (Å²) in [6.07, 6.45) is 0.0655. The number of hydrogen-bond acceptors (Lipinski definition) is 4. The van der Waals surface area contributed by atoms with Crippen LogP contribution in [0.5, 0.6) is 0 Å². The van der Waals surface area contributed by atoms with Crippen molar-refractivity contribution in [2.45, 2.75) is 90.8 Å². The summed E-state index contributed by atoms with van der Waals surface area (Å²) in [6, 6.07) is 0. The Morgan fingerprint density at radius 1 is 0.875 bits per heavy atom. The number of esters is 1. The van der Waals surface area contributed by atoms with Gasteiger partial charge >= 0.3 is 5.97 Å². The van der Waals surface area contributed by atoms with Crippen LogP contribution in [0.2, 0.25) is 15.1 Å². The van der Waals surface area contributed by atoms with Gasteiger partial charge in [-0.1, -0.05) is 68.9 Å². The van der Waals surface area contributed by atoms with Crippen LogP contribution in [0.4, 0.5) is 0 Å². The highest BCUT2D eigenvalue weighted by Crippen LogP contribution is 2.62. The standard InChI is InChI=1S/C19H36O4Si/c1-14(2)16(21)22-13-12-15(20)23-24(17(3,4)5,18(6,7)8)19(9,10)11/h1,12-13H2,2-11H3. The lowest BCUT2D eigenvalue weighted by Crippen LogP contribution is -2.61. The third-order valence-electron chi connectivity index (χ3n) is 4.32. The molecule has 0 rings (SSSR count). The van der Waals surface area contributed by atoms with E-state index in [-0.39, 0.29) is 34.1 Å². The summed E-state index contributed by atoms with van der Waals surface area (Å²) >= 11 is 0. The molecular formula is C19H36O4Si. The monoisotopic (exact) mass is 356 g/mol. The van der Waals surface area contributed by atoms with Crippen LogP contribution in [-0.4, -0.2) is 26.9 Å². The highest BCUT2D eigenvalue weighted by atomic mass is 28.4. The molecule has 0 fully saturated rings. The Balaban J connectivity index is 5.41. The zero-order valence-electron chi connectivity index (χ0n) is 17.3. The van der Waals surface area contributed by atoms with E-state index in [1.807, 2.05) is 0 Å². The first-order valence-electron chi connectivity index (χ1n) is 8.52. The third-order valence-corrected chi connectivity index (χ3v) is 11.2. The van der Waals surface area contributed by atoms with Crippen molar-refractivity contribution >= 4 is 20.3 Å². The fourth-order valence-electron chi connectivity index (χ4n) is 4.41. The lowest BCUT2D eigenvalue weighted by Gasteiger charge is -2.56. The molecule has 0 aromatic heterocycles. The van der Waals surface area contributed by atoms with Gasteiger partial charge in [-0.3, -0.25) is 4.79 Å². The molecule has 0 aromatic carbocycles. The summed E-state index contributed by atoms with van der Waals surface area (Å²) in [4.78, 5) is 24.0. The maximum absolute atomic E-state index is 12.5. The van der Waals surface area contributed by atoms with Crippen LogP contribution in [0.1, 0.15) is 75.7 Å². The molecule has 4 nitrogen and oxygen atoms in total. The van der Waals surface area contributed by atoms with Gasteiger partial charge in [-0.25, -0.2) is 4.79 Å².